The lowest BCUT2D eigenvalue weighted by Gasteiger charge is -2.34. The fourth-order valence-corrected chi connectivity index (χ4v) is 5.73. The van der Waals surface area contributed by atoms with Gasteiger partial charge < -0.3 is 25.4 Å². The second-order valence-corrected chi connectivity index (χ2v) is 10.8. The highest BCUT2D eigenvalue weighted by atomic mass is 35.5. The minimum absolute atomic E-state index is 0. The smallest absolute Gasteiger partial charge is 0.139 e. The molecule has 0 aliphatic carbocycles. The van der Waals surface area contributed by atoms with Gasteiger partial charge in [-0.2, -0.15) is 10.4 Å². The minimum Gasteiger partial charge on any atom is -0.496 e. The van der Waals surface area contributed by atoms with Crippen molar-refractivity contribution in [2.75, 3.05) is 43.6 Å². The minimum atomic E-state index is -0.884. The number of nitrogens with zero attached hydrogens (tertiary/aromatic N) is 6. The number of piperidine rings is 1. The molecule has 44 heavy (non-hydrogen) atoms. The molecule has 2 aliphatic heterocycles. The number of rotatable bonds is 7. The molecule has 2 aliphatic rings. The predicted molar refractivity (Wildman–Crippen MR) is 165 cm³/mol. The summed E-state index contributed by atoms with van der Waals surface area (Å²) in [6.07, 6.45) is 9.51. The van der Waals surface area contributed by atoms with Crippen molar-refractivity contribution in [1.82, 2.24) is 19.7 Å². The number of ether oxygens (including phenoxy) is 2. The van der Waals surface area contributed by atoms with Gasteiger partial charge in [-0.25, -0.2) is 18.7 Å². The van der Waals surface area contributed by atoms with E-state index in [4.69, 9.17) is 15.2 Å². The van der Waals surface area contributed by atoms with Crippen LogP contribution in [0.15, 0.2) is 48.9 Å². The third-order valence-corrected chi connectivity index (χ3v) is 7.91. The molecule has 0 unspecified atom stereocenters. The van der Waals surface area contributed by atoms with Crippen LogP contribution < -0.4 is 20.7 Å². The summed E-state index contributed by atoms with van der Waals surface area (Å²) in [5.41, 5.74) is 9.25. The quantitative estimate of drug-likeness (QED) is 0.270. The summed E-state index contributed by atoms with van der Waals surface area (Å²) in [4.78, 5) is 11.5. The van der Waals surface area contributed by atoms with Gasteiger partial charge in [0.05, 0.1) is 36.2 Å². The lowest BCUT2D eigenvalue weighted by molar-refractivity contribution is 0.0662. The zero-order valence-electron chi connectivity index (χ0n) is 24.2. The fourth-order valence-electron chi connectivity index (χ4n) is 5.73. The van der Waals surface area contributed by atoms with Crippen molar-refractivity contribution in [2.24, 2.45) is 5.73 Å². The normalized spacial score (nSPS) is 17.1. The number of halogens is 3. The van der Waals surface area contributed by atoms with Crippen LogP contribution in [0.25, 0.3) is 22.4 Å². The van der Waals surface area contributed by atoms with E-state index in [0.717, 1.165) is 74.4 Å². The molecule has 5 heterocycles. The van der Waals surface area contributed by atoms with Crippen LogP contribution in [0, 0.1) is 23.0 Å². The zero-order valence-corrected chi connectivity index (χ0v) is 25.0. The molecule has 1 aromatic carbocycles. The van der Waals surface area contributed by atoms with Gasteiger partial charge in [-0.05, 0) is 37.8 Å². The highest BCUT2D eigenvalue weighted by molar-refractivity contribution is 5.85. The summed E-state index contributed by atoms with van der Waals surface area (Å²) in [6, 6.07) is 9.25. The average Bonchev–Trinajstić information content (AvgIpc) is 3.51. The van der Waals surface area contributed by atoms with Gasteiger partial charge in [0.1, 0.15) is 35.1 Å². The van der Waals surface area contributed by atoms with Crippen LogP contribution >= 0.6 is 12.4 Å². The monoisotopic (exact) mass is 622 g/mol. The fraction of sp³-hybridized carbons (Fsp3) is 0.355. The molecule has 0 amide bonds. The van der Waals surface area contributed by atoms with Gasteiger partial charge in [-0.15, -0.1) is 12.4 Å². The second kappa shape index (κ2) is 13.5. The first kappa shape index (κ1) is 31.1. The molecular formula is C31H33ClF2N8O2. The van der Waals surface area contributed by atoms with Gasteiger partial charge in [0.15, 0.2) is 0 Å². The Bertz CT molecular complexity index is 1670. The van der Waals surface area contributed by atoms with Gasteiger partial charge in [0, 0.05) is 79.8 Å². The number of hydrogen-bond donors (Lipinski definition) is 2. The summed E-state index contributed by atoms with van der Waals surface area (Å²) in [5.74, 6) is -0.909. The van der Waals surface area contributed by atoms with Crippen LogP contribution in [-0.2, 0) is 4.74 Å². The third kappa shape index (κ3) is 6.45. The summed E-state index contributed by atoms with van der Waals surface area (Å²) >= 11 is 0. The van der Waals surface area contributed by atoms with E-state index >= 15 is 0 Å². The molecule has 3 aromatic heterocycles. The number of anilines is 3. The largest absolute Gasteiger partial charge is 0.496 e. The van der Waals surface area contributed by atoms with Crippen LogP contribution in [0.3, 0.4) is 0 Å². The van der Waals surface area contributed by atoms with E-state index in [-0.39, 0.29) is 41.0 Å². The predicted octanol–water partition coefficient (Wildman–Crippen LogP) is 5.61. The van der Waals surface area contributed by atoms with Crippen molar-refractivity contribution in [3.05, 3.63) is 66.1 Å². The molecule has 4 aromatic rings. The maximum absolute atomic E-state index is 14.9. The van der Waals surface area contributed by atoms with Crippen molar-refractivity contribution in [3.8, 4) is 34.2 Å². The maximum atomic E-state index is 14.9. The van der Waals surface area contributed by atoms with Crippen LogP contribution in [0.4, 0.5) is 26.1 Å². The first-order valence-electron chi connectivity index (χ1n) is 14.3. The lowest BCUT2D eigenvalue weighted by atomic mass is 10.0. The number of pyridine rings is 2. The van der Waals surface area contributed by atoms with Crippen LogP contribution in [-0.4, -0.2) is 59.2 Å². The number of hydrogen-bond acceptors (Lipinski definition) is 9. The zero-order chi connectivity index (χ0) is 29.9. The molecule has 3 N–H and O–H groups in total. The van der Waals surface area contributed by atoms with E-state index in [2.05, 4.69) is 31.5 Å². The first-order chi connectivity index (χ1) is 20.9. The SMILES string of the molecule is COc1cc(F)cc(F)c1-c1nc(Nc2cc(N3CCC[C@H](N)C3)c(-c3cnn(C4CCOCC4)c3)cn2)ccc1C#N.Cl. The van der Waals surface area contributed by atoms with Crippen molar-refractivity contribution in [2.45, 2.75) is 37.8 Å². The number of nitrogens with one attached hydrogen (secondary N) is 1. The number of nitrogens with two attached hydrogens (primary N) is 1. The Hall–Kier alpha value is -4.31. The molecule has 2 saturated heterocycles. The van der Waals surface area contributed by atoms with Gasteiger partial charge in [-0.1, -0.05) is 0 Å². The number of aromatic nitrogens is 4. The van der Waals surface area contributed by atoms with Crippen molar-refractivity contribution < 1.29 is 18.3 Å². The summed E-state index contributed by atoms with van der Waals surface area (Å²) < 4.78 is 41.6. The number of benzene rings is 1. The van der Waals surface area contributed by atoms with E-state index in [1.807, 2.05) is 23.0 Å². The van der Waals surface area contributed by atoms with E-state index in [1.54, 1.807) is 12.3 Å². The van der Waals surface area contributed by atoms with Crippen LogP contribution in [0.1, 0.15) is 37.3 Å². The topological polar surface area (TPSA) is 127 Å². The molecule has 1 atom stereocenters. The Labute approximate surface area is 260 Å². The van der Waals surface area contributed by atoms with Gasteiger partial charge in [-0.3, -0.25) is 4.68 Å². The Morgan fingerprint density at radius 1 is 1.11 bits per heavy atom. The van der Waals surface area contributed by atoms with E-state index in [1.165, 1.54) is 13.2 Å². The highest BCUT2D eigenvalue weighted by Crippen LogP contribution is 2.37. The van der Waals surface area contributed by atoms with Gasteiger partial charge >= 0.3 is 0 Å². The first-order valence-corrected chi connectivity index (χ1v) is 14.3. The van der Waals surface area contributed by atoms with Gasteiger partial charge in [0.25, 0.3) is 0 Å². The third-order valence-electron chi connectivity index (χ3n) is 7.91. The summed E-state index contributed by atoms with van der Waals surface area (Å²) in [5, 5.41) is 17.6. The average molecular weight is 623 g/mol. The molecule has 2 fully saturated rings. The molecule has 0 saturated carbocycles. The number of methoxy groups -OCH3 is 1. The molecule has 10 nitrogen and oxygen atoms in total. The summed E-state index contributed by atoms with van der Waals surface area (Å²) in [7, 11) is 1.30. The van der Waals surface area contributed by atoms with Gasteiger partial charge in [0.2, 0.25) is 0 Å². The lowest BCUT2D eigenvalue weighted by Crippen LogP contribution is -2.43. The molecule has 13 heteroatoms. The van der Waals surface area contributed by atoms with Crippen molar-refractivity contribution >= 4 is 29.7 Å². The van der Waals surface area contributed by atoms with Crippen molar-refractivity contribution in [3.63, 3.8) is 0 Å². The standard InChI is InChI=1S/C31H32F2N8O2.ClH/c1-42-27-12-21(32)11-25(33)30(27)31-19(14-34)4-5-28(39-31)38-29-13-26(40-8-2-3-22(35)18-40)24(16-36-29)20-15-37-41(17-20)23-6-9-43-10-7-23;/h4-5,11-13,15-17,22-23H,2-3,6-10,18,35H2,1H3,(H,36,38,39);1H/t22-;/m0./s1. The molecule has 0 spiro atoms. The van der Waals surface area contributed by atoms with E-state index in [9.17, 15) is 14.0 Å². The molecule has 6 rings (SSSR count). The van der Waals surface area contributed by atoms with Crippen molar-refractivity contribution in [1.29, 1.82) is 5.26 Å². The Morgan fingerprint density at radius 2 is 1.93 bits per heavy atom. The molecule has 0 bridgehead atoms. The Morgan fingerprint density at radius 3 is 2.68 bits per heavy atom. The van der Waals surface area contributed by atoms with Crippen LogP contribution in [0.2, 0.25) is 0 Å². The highest BCUT2D eigenvalue weighted by Gasteiger charge is 2.24. The van der Waals surface area contributed by atoms with Crippen LogP contribution in [0.5, 0.6) is 5.75 Å². The second-order valence-electron chi connectivity index (χ2n) is 10.8. The number of nitriles is 1. The maximum Gasteiger partial charge on any atom is 0.139 e. The molecular weight excluding hydrogens is 590 g/mol. The Balaban J connectivity index is 0.00000384. The Kier molecular flexibility index (Phi) is 9.58. The van der Waals surface area contributed by atoms with E-state index < -0.39 is 11.6 Å². The molecule has 230 valence electrons. The van der Waals surface area contributed by atoms with E-state index in [0.29, 0.717) is 24.2 Å². The molecule has 0 radical (unpaired) electrons. The summed E-state index contributed by atoms with van der Waals surface area (Å²) in [6.45, 7) is 3.00.